The van der Waals surface area contributed by atoms with Crippen LogP contribution in [0.5, 0.6) is 0 Å². The molecule has 0 radical (unpaired) electrons. The van der Waals surface area contributed by atoms with E-state index in [1.165, 1.54) is 16.8 Å². The number of thiol groups is 1. The molecule has 0 aliphatic rings. The molecule has 0 aliphatic carbocycles. The molecule has 1 unspecified atom stereocenters. The molecule has 5 nitrogen and oxygen atoms in total. The van der Waals surface area contributed by atoms with Crippen molar-refractivity contribution in [3.63, 3.8) is 0 Å². The molecule has 0 heterocycles. The van der Waals surface area contributed by atoms with Gasteiger partial charge < -0.3 is 5.11 Å². The van der Waals surface area contributed by atoms with Crippen LogP contribution < -0.4 is 0 Å². The van der Waals surface area contributed by atoms with Crippen LogP contribution in [0.4, 0.5) is 0 Å². The van der Waals surface area contributed by atoms with Gasteiger partial charge in [-0.25, -0.2) is 14.8 Å². The summed E-state index contributed by atoms with van der Waals surface area (Å²) in [5.41, 5.74) is 1.02. The van der Waals surface area contributed by atoms with Crippen LogP contribution in [0.3, 0.4) is 0 Å². The first-order valence-corrected chi connectivity index (χ1v) is 9.93. The molecular formula is C18H28N2O3S2. The molecule has 0 fully saturated rings. The van der Waals surface area contributed by atoms with Gasteiger partial charge in [-0.15, -0.1) is 11.8 Å². The highest BCUT2D eigenvalue weighted by atomic mass is 32.2. The predicted molar refractivity (Wildman–Crippen MR) is 107 cm³/mol. The molecule has 1 rings (SSSR count). The molecule has 7 heteroatoms. The Hall–Kier alpha value is -1.18. The van der Waals surface area contributed by atoms with Gasteiger partial charge in [0, 0.05) is 31.5 Å². The summed E-state index contributed by atoms with van der Waals surface area (Å²) in [6, 6.07) is 9.65. The van der Waals surface area contributed by atoms with Gasteiger partial charge in [0.05, 0.1) is 0 Å². The number of carbonyl (C=O) groups is 2. The van der Waals surface area contributed by atoms with Crippen molar-refractivity contribution in [3.8, 4) is 0 Å². The van der Waals surface area contributed by atoms with E-state index in [4.69, 9.17) is 0 Å². The molecule has 0 saturated heterocycles. The number of thioether (sulfide) groups is 1. The second-order valence-electron chi connectivity index (χ2n) is 6.23. The third kappa shape index (κ3) is 5.66. The third-order valence-electron chi connectivity index (χ3n) is 3.98. The van der Waals surface area contributed by atoms with E-state index in [2.05, 4.69) is 12.6 Å². The van der Waals surface area contributed by atoms with Crippen LogP contribution in [-0.2, 0) is 15.3 Å². The van der Waals surface area contributed by atoms with E-state index in [9.17, 15) is 14.7 Å². The van der Waals surface area contributed by atoms with Crippen molar-refractivity contribution in [2.24, 2.45) is 5.92 Å². The zero-order chi connectivity index (χ0) is 19.0. The Labute approximate surface area is 160 Å². The second kappa shape index (κ2) is 10.1. The quantitative estimate of drug-likeness (QED) is 0.368. The predicted octanol–water partition coefficient (Wildman–Crippen LogP) is 3.37. The molecule has 0 spiro atoms. The first kappa shape index (κ1) is 21.9. The zero-order valence-electron chi connectivity index (χ0n) is 15.3. The highest BCUT2D eigenvalue weighted by Crippen LogP contribution is 2.35. The van der Waals surface area contributed by atoms with Gasteiger partial charge in [0.1, 0.15) is 0 Å². The number of rotatable bonds is 10. The van der Waals surface area contributed by atoms with E-state index in [-0.39, 0.29) is 11.8 Å². The molecule has 0 bridgehead atoms. The van der Waals surface area contributed by atoms with Crippen molar-refractivity contribution in [1.82, 2.24) is 10.0 Å². The van der Waals surface area contributed by atoms with Crippen molar-refractivity contribution in [2.75, 3.05) is 19.8 Å². The van der Waals surface area contributed by atoms with Gasteiger partial charge in [0.25, 0.3) is 0 Å². The number of benzene rings is 1. The topological polar surface area (TPSA) is 60.9 Å². The van der Waals surface area contributed by atoms with Crippen LogP contribution in [0.25, 0.3) is 0 Å². The number of amides is 1. The number of carboxylic acids is 1. The van der Waals surface area contributed by atoms with E-state index in [1.54, 1.807) is 26.0 Å². The summed E-state index contributed by atoms with van der Waals surface area (Å²) in [4.78, 5) is 23.7. The molecule has 1 N–H and O–H groups in total. The summed E-state index contributed by atoms with van der Waals surface area (Å²) in [6.45, 7) is 3.59. The van der Waals surface area contributed by atoms with Crippen LogP contribution >= 0.6 is 24.4 Å². The maximum atomic E-state index is 13.0. The molecule has 140 valence electrons. The van der Waals surface area contributed by atoms with E-state index >= 15 is 0 Å². The Morgan fingerprint density at radius 3 is 2.32 bits per heavy atom. The van der Waals surface area contributed by atoms with Crippen molar-refractivity contribution < 1.29 is 14.7 Å². The van der Waals surface area contributed by atoms with Gasteiger partial charge in [-0.1, -0.05) is 43.7 Å². The highest BCUT2D eigenvalue weighted by molar-refractivity contribution is 8.00. The fraction of sp³-hybridized carbons (Fsp3) is 0.556. The van der Waals surface area contributed by atoms with Gasteiger partial charge in [-0.2, -0.15) is 12.6 Å². The van der Waals surface area contributed by atoms with E-state index in [1.807, 2.05) is 37.3 Å². The number of aliphatic carboxylic acids is 1. The normalized spacial score (nSPS) is 14.8. The molecular weight excluding hydrogens is 356 g/mol. The SMILES string of the molecule is CCC[C@H](CS)C(=O)N(N(C)C)C(C)(SCc1ccccc1)C(=O)O. The van der Waals surface area contributed by atoms with Crippen LogP contribution in [0.1, 0.15) is 32.3 Å². The second-order valence-corrected chi connectivity index (χ2v) is 7.97. The first-order chi connectivity index (χ1) is 11.8. The Morgan fingerprint density at radius 2 is 1.88 bits per heavy atom. The van der Waals surface area contributed by atoms with E-state index in [0.29, 0.717) is 17.9 Å². The van der Waals surface area contributed by atoms with Crippen LogP contribution in [-0.4, -0.2) is 51.7 Å². The van der Waals surface area contributed by atoms with Crippen LogP contribution in [0.2, 0.25) is 0 Å². The monoisotopic (exact) mass is 384 g/mol. The zero-order valence-corrected chi connectivity index (χ0v) is 17.0. The van der Waals surface area contributed by atoms with Crippen molar-refractivity contribution in [1.29, 1.82) is 0 Å². The number of carbonyl (C=O) groups excluding carboxylic acids is 1. The largest absolute Gasteiger partial charge is 0.479 e. The van der Waals surface area contributed by atoms with Crippen molar-refractivity contribution >= 4 is 36.3 Å². The smallest absolute Gasteiger partial charge is 0.341 e. The Morgan fingerprint density at radius 1 is 1.28 bits per heavy atom. The minimum atomic E-state index is -1.40. The van der Waals surface area contributed by atoms with Crippen molar-refractivity contribution in [2.45, 2.75) is 37.3 Å². The number of carboxylic acid groups (broad SMARTS) is 1. The van der Waals surface area contributed by atoms with Gasteiger partial charge in [-0.3, -0.25) is 4.79 Å². The molecule has 1 aromatic carbocycles. The van der Waals surface area contributed by atoms with Gasteiger partial charge in [-0.05, 0) is 18.9 Å². The van der Waals surface area contributed by atoms with Crippen LogP contribution in [0, 0.1) is 5.92 Å². The van der Waals surface area contributed by atoms with Gasteiger partial charge in [0.2, 0.25) is 5.91 Å². The summed E-state index contributed by atoms with van der Waals surface area (Å²) in [6.07, 6.45) is 1.53. The lowest BCUT2D eigenvalue weighted by atomic mass is 10.0. The molecule has 0 aliphatic heterocycles. The summed E-state index contributed by atoms with van der Waals surface area (Å²) < 4.78 is 0. The summed E-state index contributed by atoms with van der Waals surface area (Å²) in [5, 5.41) is 12.8. The van der Waals surface area contributed by atoms with Gasteiger partial charge in [0.15, 0.2) is 4.87 Å². The lowest BCUT2D eigenvalue weighted by Gasteiger charge is -2.42. The Balaban J connectivity index is 3.11. The van der Waals surface area contributed by atoms with E-state index < -0.39 is 10.8 Å². The highest BCUT2D eigenvalue weighted by Gasteiger charge is 2.46. The van der Waals surface area contributed by atoms with Crippen molar-refractivity contribution in [3.05, 3.63) is 35.9 Å². The average molecular weight is 385 g/mol. The molecule has 1 amide bonds. The summed E-state index contributed by atoms with van der Waals surface area (Å²) in [7, 11) is 3.40. The minimum absolute atomic E-state index is 0.202. The fourth-order valence-electron chi connectivity index (χ4n) is 2.61. The molecule has 0 aromatic heterocycles. The maximum Gasteiger partial charge on any atom is 0.341 e. The van der Waals surface area contributed by atoms with E-state index in [0.717, 1.165) is 12.0 Å². The molecule has 25 heavy (non-hydrogen) atoms. The maximum absolute atomic E-state index is 13.0. The third-order valence-corrected chi connectivity index (χ3v) is 5.81. The standard InChI is InChI=1S/C18H28N2O3S2/c1-5-9-15(12-24)16(21)20(19(3)4)18(2,17(22)23)25-13-14-10-7-6-8-11-14/h6-8,10-11,15,24H,5,9,12-13H2,1-4H3,(H,22,23)/t15-,18?/m1/s1. The van der Waals surface area contributed by atoms with Crippen LogP contribution in [0.15, 0.2) is 30.3 Å². The lowest BCUT2D eigenvalue weighted by Crippen LogP contribution is -2.60. The molecule has 2 atom stereocenters. The number of hydrogen-bond donors (Lipinski definition) is 2. The fourth-order valence-corrected chi connectivity index (χ4v) is 4.09. The Bertz CT molecular complexity index is 569. The molecule has 1 aromatic rings. The summed E-state index contributed by atoms with van der Waals surface area (Å²) in [5.74, 6) is -0.639. The minimum Gasteiger partial charge on any atom is -0.479 e. The van der Waals surface area contributed by atoms with Gasteiger partial charge >= 0.3 is 5.97 Å². The summed E-state index contributed by atoms with van der Waals surface area (Å²) >= 11 is 5.52. The number of hydrogen-bond acceptors (Lipinski definition) is 5. The lowest BCUT2D eigenvalue weighted by molar-refractivity contribution is -0.168. The first-order valence-electron chi connectivity index (χ1n) is 8.31. The average Bonchev–Trinajstić information content (AvgIpc) is 2.58. The number of nitrogens with zero attached hydrogens (tertiary/aromatic N) is 2. The number of hydrazine groups is 1. The Kier molecular flexibility index (Phi) is 8.82. The molecule has 0 saturated carbocycles.